The molecule has 0 saturated heterocycles. The molecule has 0 aliphatic carbocycles. The summed E-state index contributed by atoms with van der Waals surface area (Å²) in [7, 11) is 0. The van der Waals surface area contributed by atoms with E-state index in [4.69, 9.17) is 4.74 Å². The number of alkyl carbamates (subject to hydrolysis) is 1. The summed E-state index contributed by atoms with van der Waals surface area (Å²) < 4.78 is 5.46. The van der Waals surface area contributed by atoms with Crippen molar-refractivity contribution in [1.82, 2.24) is 10.2 Å². The standard InChI is InChI=1S/C34H43N3O4/c1-9-19-37(32(39)29(20-22(2)3)36-33(40)41-34(6,7)8)30(28-16-12-13-23(4)24(28)5)31(38)35-27-18-17-25-14-10-11-15-26(25)21-27/h9-18,21-22,29-30H,1,19-20H2,2-8H3,(H,35,38)(H,36,40). The van der Waals surface area contributed by atoms with Crippen LogP contribution >= 0.6 is 0 Å². The van der Waals surface area contributed by atoms with E-state index in [1.807, 2.05) is 88.4 Å². The number of benzene rings is 3. The molecule has 0 aliphatic rings. The van der Waals surface area contributed by atoms with Gasteiger partial charge in [-0.1, -0.05) is 68.5 Å². The van der Waals surface area contributed by atoms with Gasteiger partial charge in [0.1, 0.15) is 17.7 Å². The summed E-state index contributed by atoms with van der Waals surface area (Å²) >= 11 is 0. The summed E-state index contributed by atoms with van der Waals surface area (Å²) in [6.45, 7) is 17.1. The van der Waals surface area contributed by atoms with Crippen molar-refractivity contribution in [3.63, 3.8) is 0 Å². The van der Waals surface area contributed by atoms with Crippen LogP contribution in [0.5, 0.6) is 0 Å². The average Bonchev–Trinajstić information content (AvgIpc) is 2.88. The zero-order chi connectivity index (χ0) is 30.3. The van der Waals surface area contributed by atoms with E-state index in [0.717, 1.165) is 21.9 Å². The minimum absolute atomic E-state index is 0.0926. The molecule has 2 N–H and O–H groups in total. The third-order valence-corrected chi connectivity index (χ3v) is 6.82. The lowest BCUT2D eigenvalue weighted by Crippen LogP contribution is -2.53. The highest BCUT2D eigenvalue weighted by molar-refractivity contribution is 6.00. The van der Waals surface area contributed by atoms with E-state index in [-0.39, 0.29) is 24.3 Å². The van der Waals surface area contributed by atoms with Crippen molar-refractivity contribution in [3.8, 4) is 0 Å². The summed E-state index contributed by atoms with van der Waals surface area (Å²) in [5, 5.41) is 7.86. The largest absolute Gasteiger partial charge is 0.444 e. The Bertz CT molecular complexity index is 1410. The fourth-order valence-corrected chi connectivity index (χ4v) is 4.80. The number of anilines is 1. The number of carbonyl (C=O) groups excluding carboxylic acids is 3. The quantitative estimate of drug-likeness (QED) is 0.261. The molecule has 0 spiro atoms. The average molecular weight is 558 g/mol. The maximum absolute atomic E-state index is 14.2. The van der Waals surface area contributed by atoms with Gasteiger partial charge in [-0.05, 0) is 86.6 Å². The number of hydrogen-bond acceptors (Lipinski definition) is 4. The molecule has 0 radical (unpaired) electrons. The van der Waals surface area contributed by atoms with Gasteiger partial charge in [0.25, 0.3) is 5.91 Å². The Kier molecular flexibility index (Phi) is 10.3. The fourth-order valence-electron chi connectivity index (χ4n) is 4.80. The molecule has 0 heterocycles. The molecular weight excluding hydrogens is 514 g/mol. The van der Waals surface area contributed by atoms with Gasteiger partial charge in [-0.2, -0.15) is 0 Å². The first-order chi connectivity index (χ1) is 19.3. The third kappa shape index (κ3) is 8.43. The molecule has 7 nitrogen and oxygen atoms in total. The zero-order valence-electron chi connectivity index (χ0n) is 25.3. The first kappa shape index (κ1) is 31.4. The van der Waals surface area contributed by atoms with Gasteiger partial charge in [0.15, 0.2) is 0 Å². The Labute approximate surface area is 244 Å². The van der Waals surface area contributed by atoms with Gasteiger partial charge in [0.05, 0.1) is 0 Å². The zero-order valence-corrected chi connectivity index (χ0v) is 25.3. The van der Waals surface area contributed by atoms with E-state index in [0.29, 0.717) is 17.7 Å². The van der Waals surface area contributed by atoms with Crippen LogP contribution in [0, 0.1) is 19.8 Å². The van der Waals surface area contributed by atoms with E-state index in [1.54, 1.807) is 26.8 Å². The number of ether oxygens (including phenoxy) is 1. The molecule has 0 fully saturated rings. The van der Waals surface area contributed by atoms with Crippen molar-refractivity contribution in [1.29, 1.82) is 0 Å². The minimum Gasteiger partial charge on any atom is -0.444 e. The van der Waals surface area contributed by atoms with Gasteiger partial charge in [0, 0.05) is 12.2 Å². The highest BCUT2D eigenvalue weighted by Crippen LogP contribution is 2.30. The fraction of sp³-hybridized carbons (Fsp3) is 0.382. The van der Waals surface area contributed by atoms with E-state index in [1.165, 1.54) is 4.90 Å². The number of fused-ring (bicyclic) bond motifs is 1. The number of rotatable bonds is 10. The van der Waals surface area contributed by atoms with E-state index in [9.17, 15) is 14.4 Å². The third-order valence-electron chi connectivity index (χ3n) is 6.82. The molecular formula is C34H43N3O4. The molecule has 7 heteroatoms. The Balaban J connectivity index is 2.05. The van der Waals surface area contributed by atoms with E-state index >= 15 is 0 Å². The predicted octanol–water partition coefficient (Wildman–Crippen LogP) is 7.09. The molecule has 218 valence electrons. The lowest BCUT2D eigenvalue weighted by atomic mass is 9.94. The number of nitrogens with zero attached hydrogens (tertiary/aromatic N) is 1. The topological polar surface area (TPSA) is 87.7 Å². The molecule has 2 unspecified atom stereocenters. The molecule has 3 amide bonds. The number of aryl methyl sites for hydroxylation is 1. The Hall–Kier alpha value is -4.13. The highest BCUT2D eigenvalue weighted by atomic mass is 16.6. The molecule has 2 atom stereocenters. The van der Waals surface area contributed by atoms with Crippen LogP contribution in [-0.4, -0.2) is 41.0 Å². The highest BCUT2D eigenvalue weighted by Gasteiger charge is 2.37. The second-order valence-corrected chi connectivity index (χ2v) is 11.9. The van der Waals surface area contributed by atoms with Crippen LogP contribution < -0.4 is 10.6 Å². The van der Waals surface area contributed by atoms with Crippen molar-refractivity contribution in [2.24, 2.45) is 5.92 Å². The summed E-state index contributed by atoms with van der Waals surface area (Å²) in [4.78, 5) is 42.6. The van der Waals surface area contributed by atoms with Crippen molar-refractivity contribution in [3.05, 3.63) is 90.0 Å². The normalized spacial score (nSPS) is 12.9. The Morgan fingerprint density at radius 1 is 0.976 bits per heavy atom. The van der Waals surface area contributed by atoms with Crippen LogP contribution in [0.4, 0.5) is 10.5 Å². The number of nitrogens with one attached hydrogen (secondary N) is 2. The summed E-state index contributed by atoms with van der Waals surface area (Å²) in [6.07, 6.45) is 1.29. The molecule has 3 rings (SSSR count). The van der Waals surface area contributed by atoms with Crippen molar-refractivity contribution >= 4 is 34.4 Å². The second-order valence-electron chi connectivity index (χ2n) is 11.9. The van der Waals surface area contributed by atoms with Gasteiger partial charge in [-0.15, -0.1) is 6.58 Å². The summed E-state index contributed by atoms with van der Waals surface area (Å²) in [6, 6.07) is 17.5. The molecule has 3 aromatic carbocycles. The first-order valence-electron chi connectivity index (χ1n) is 14.1. The summed E-state index contributed by atoms with van der Waals surface area (Å²) in [5.74, 6) is -0.649. The van der Waals surface area contributed by atoms with Crippen LogP contribution in [0.3, 0.4) is 0 Å². The van der Waals surface area contributed by atoms with Crippen molar-refractivity contribution in [2.45, 2.75) is 72.6 Å². The van der Waals surface area contributed by atoms with Gasteiger partial charge in [-0.3, -0.25) is 9.59 Å². The lowest BCUT2D eigenvalue weighted by molar-refractivity contribution is -0.140. The van der Waals surface area contributed by atoms with Crippen LogP contribution in [0.15, 0.2) is 73.3 Å². The van der Waals surface area contributed by atoms with Gasteiger partial charge >= 0.3 is 6.09 Å². The maximum Gasteiger partial charge on any atom is 0.408 e. The Morgan fingerprint density at radius 2 is 1.66 bits per heavy atom. The van der Waals surface area contributed by atoms with Crippen LogP contribution in [0.1, 0.15) is 63.8 Å². The maximum atomic E-state index is 14.2. The number of hydrogen-bond donors (Lipinski definition) is 2. The Morgan fingerprint density at radius 3 is 2.29 bits per heavy atom. The van der Waals surface area contributed by atoms with E-state index in [2.05, 4.69) is 17.2 Å². The van der Waals surface area contributed by atoms with Gasteiger partial charge in [0.2, 0.25) is 5.91 Å². The molecule has 0 bridgehead atoms. The van der Waals surface area contributed by atoms with Crippen LogP contribution in [0.25, 0.3) is 10.8 Å². The summed E-state index contributed by atoms with van der Waals surface area (Å²) in [5.41, 5.74) is 2.52. The second kappa shape index (κ2) is 13.5. The number of carbonyl (C=O) groups is 3. The van der Waals surface area contributed by atoms with Crippen molar-refractivity contribution in [2.75, 3.05) is 11.9 Å². The SMILES string of the molecule is C=CCN(C(=O)C(CC(C)C)NC(=O)OC(C)(C)C)C(C(=O)Nc1ccc2ccccc2c1)c1cccc(C)c1C. The van der Waals surface area contributed by atoms with Crippen LogP contribution in [-0.2, 0) is 14.3 Å². The molecule has 0 aromatic heterocycles. The van der Waals surface area contributed by atoms with E-state index < -0.39 is 23.8 Å². The lowest BCUT2D eigenvalue weighted by Gasteiger charge is -2.35. The molecule has 3 aromatic rings. The predicted molar refractivity (Wildman–Crippen MR) is 166 cm³/mol. The molecule has 0 saturated carbocycles. The first-order valence-corrected chi connectivity index (χ1v) is 14.1. The number of amides is 3. The monoisotopic (exact) mass is 557 g/mol. The smallest absolute Gasteiger partial charge is 0.408 e. The minimum atomic E-state index is -0.970. The molecule has 0 aliphatic heterocycles. The van der Waals surface area contributed by atoms with Crippen molar-refractivity contribution < 1.29 is 19.1 Å². The molecule has 41 heavy (non-hydrogen) atoms. The van der Waals surface area contributed by atoms with Gasteiger partial charge < -0.3 is 20.3 Å². The van der Waals surface area contributed by atoms with Crippen LogP contribution in [0.2, 0.25) is 0 Å². The van der Waals surface area contributed by atoms with Gasteiger partial charge in [-0.25, -0.2) is 4.79 Å².